The molecule has 0 aliphatic heterocycles. The van der Waals surface area contributed by atoms with Gasteiger partial charge in [-0.05, 0) is 29.7 Å². The van der Waals surface area contributed by atoms with Gasteiger partial charge in [0.05, 0.1) is 0 Å². The minimum atomic E-state index is -0.179. The first-order valence-electron chi connectivity index (χ1n) is 7.82. The molecule has 2 heterocycles. The van der Waals surface area contributed by atoms with Gasteiger partial charge in [-0.15, -0.1) is 0 Å². The normalized spacial score (nSPS) is 10.3. The Hall–Kier alpha value is -3.15. The zero-order valence-corrected chi connectivity index (χ0v) is 13.2. The fraction of sp³-hybridized carbons (Fsp3) is 0.167. The number of rotatable bonds is 6. The SMILES string of the molecule is O=C(NCCc1ccccc1)NCc1ccc(-n2cccn2)nc1. The van der Waals surface area contributed by atoms with E-state index in [1.165, 1.54) is 5.56 Å². The highest BCUT2D eigenvalue weighted by Crippen LogP contribution is 2.04. The molecule has 2 amide bonds. The van der Waals surface area contributed by atoms with Crippen LogP contribution in [0.15, 0.2) is 67.1 Å². The molecule has 122 valence electrons. The first-order valence-corrected chi connectivity index (χ1v) is 7.82. The van der Waals surface area contributed by atoms with E-state index in [1.807, 2.05) is 54.7 Å². The van der Waals surface area contributed by atoms with Crippen LogP contribution in [0.1, 0.15) is 11.1 Å². The van der Waals surface area contributed by atoms with Crippen molar-refractivity contribution in [1.29, 1.82) is 0 Å². The average Bonchev–Trinajstić information content (AvgIpc) is 3.16. The third kappa shape index (κ3) is 4.42. The molecule has 24 heavy (non-hydrogen) atoms. The highest BCUT2D eigenvalue weighted by Gasteiger charge is 2.02. The van der Waals surface area contributed by atoms with Crippen LogP contribution in [0.2, 0.25) is 0 Å². The number of urea groups is 1. The van der Waals surface area contributed by atoms with Crippen LogP contribution in [0.4, 0.5) is 4.79 Å². The summed E-state index contributed by atoms with van der Waals surface area (Å²) in [5.41, 5.74) is 2.14. The Balaban J connectivity index is 1.41. The molecule has 0 saturated carbocycles. The van der Waals surface area contributed by atoms with Crippen molar-refractivity contribution in [2.45, 2.75) is 13.0 Å². The highest BCUT2D eigenvalue weighted by atomic mass is 16.2. The maximum atomic E-state index is 11.8. The molecule has 3 aromatic rings. The maximum Gasteiger partial charge on any atom is 0.315 e. The predicted molar refractivity (Wildman–Crippen MR) is 91.7 cm³/mol. The van der Waals surface area contributed by atoms with Crippen LogP contribution in [0, 0.1) is 0 Å². The molecule has 3 rings (SSSR count). The van der Waals surface area contributed by atoms with Crippen molar-refractivity contribution in [1.82, 2.24) is 25.4 Å². The standard InChI is InChI=1S/C18H19N5O/c24-18(19-11-9-15-5-2-1-3-6-15)21-14-16-7-8-17(20-13-16)23-12-4-10-22-23/h1-8,10,12-13H,9,11,14H2,(H2,19,21,24). The second-order valence-corrected chi connectivity index (χ2v) is 5.32. The third-order valence-electron chi connectivity index (χ3n) is 3.54. The summed E-state index contributed by atoms with van der Waals surface area (Å²) in [6, 6.07) is 15.5. The minimum Gasteiger partial charge on any atom is -0.338 e. The maximum absolute atomic E-state index is 11.8. The summed E-state index contributed by atoms with van der Waals surface area (Å²) in [6.45, 7) is 1.04. The van der Waals surface area contributed by atoms with E-state index in [9.17, 15) is 4.79 Å². The lowest BCUT2D eigenvalue weighted by Crippen LogP contribution is -2.36. The third-order valence-corrected chi connectivity index (χ3v) is 3.54. The number of carbonyl (C=O) groups is 1. The van der Waals surface area contributed by atoms with Crippen molar-refractivity contribution >= 4 is 6.03 Å². The Kier molecular flexibility index (Phi) is 5.19. The van der Waals surface area contributed by atoms with Gasteiger partial charge < -0.3 is 10.6 Å². The van der Waals surface area contributed by atoms with Gasteiger partial charge in [0, 0.05) is 31.7 Å². The molecular weight excluding hydrogens is 302 g/mol. The summed E-state index contributed by atoms with van der Waals surface area (Å²) in [7, 11) is 0. The van der Waals surface area contributed by atoms with Crippen LogP contribution in [0.25, 0.3) is 5.82 Å². The van der Waals surface area contributed by atoms with Gasteiger partial charge in [-0.1, -0.05) is 36.4 Å². The molecule has 0 radical (unpaired) electrons. The largest absolute Gasteiger partial charge is 0.338 e. The Bertz CT molecular complexity index is 754. The van der Waals surface area contributed by atoms with Crippen LogP contribution in [-0.2, 0) is 13.0 Å². The van der Waals surface area contributed by atoms with E-state index in [1.54, 1.807) is 17.1 Å². The van der Waals surface area contributed by atoms with Crippen LogP contribution < -0.4 is 10.6 Å². The van der Waals surface area contributed by atoms with Gasteiger partial charge in [0.2, 0.25) is 0 Å². The van der Waals surface area contributed by atoms with E-state index >= 15 is 0 Å². The van der Waals surface area contributed by atoms with Gasteiger partial charge in [-0.25, -0.2) is 14.5 Å². The first-order chi connectivity index (χ1) is 11.8. The molecule has 0 unspecified atom stereocenters. The summed E-state index contributed by atoms with van der Waals surface area (Å²) in [6.07, 6.45) is 6.09. The van der Waals surface area contributed by atoms with E-state index < -0.39 is 0 Å². The van der Waals surface area contributed by atoms with Crippen molar-refractivity contribution in [2.24, 2.45) is 0 Å². The fourth-order valence-electron chi connectivity index (χ4n) is 2.27. The Labute approximate surface area is 140 Å². The number of pyridine rings is 1. The van der Waals surface area contributed by atoms with E-state index in [2.05, 4.69) is 20.7 Å². The number of hydrogen-bond donors (Lipinski definition) is 2. The van der Waals surface area contributed by atoms with Crippen molar-refractivity contribution in [3.05, 3.63) is 78.2 Å². The summed E-state index contributed by atoms with van der Waals surface area (Å²) in [5.74, 6) is 0.746. The average molecular weight is 321 g/mol. The monoisotopic (exact) mass is 321 g/mol. The molecule has 0 spiro atoms. The zero-order valence-electron chi connectivity index (χ0n) is 13.2. The first kappa shape index (κ1) is 15.7. The number of benzene rings is 1. The Morgan fingerprint density at radius 3 is 2.58 bits per heavy atom. The molecule has 0 atom stereocenters. The number of nitrogens with one attached hydrogen (secondary N) is 2. The second-order valence-electron chi connectivity index (χ2n) is 5.32. The topological polar surface area (TPSA) is 71.8 Å². The molecule has 0 aliphatic carbocycles. The molecule has 0 fully saturated rings. The van der Waals surface area contributed by atoms with Gasteiger partial charge in [-0.3, -0.25) is 0 Å². The predicted octanol–water partition coefficient (Wildman–Crippen LogP) is 2.31. The van der Waals surface area contributed by atoms with Crippen molar-refractivity contribution in [3.8, 4) is 5.82 Å². The summed E-state index contributed by atoms with van der Waals surface area (Å²) in [5, 5.41) is 9.80. The van der Waals surface area contributed by atoms with Crippen molar-refractivity contribution in [3.63, 3.8) is 0 Å². The molecule has 0 saturated heterocycles. The molecule has 0 bridgehead atoms. The minimum absolute atomic E-state index is 0.179. The lowest BCUT2D eigenvalue weighted by atomic mass is 10.1. The quantitative estimate of drug-likeness (QED) is 0.732. The van der Waals surface area contributed by atoms with Crippen LogP contribution in [-0.4, -0.2) is 27.3 Å². The van der Waals surface area contributed by atoms with E-state index in [0.29, 0.717) is 13.1 Å². The van der Waals surface area contributed by atoms with E-state index in [4.69, 9.17) is 0 Å². The second kappa shape index (κ2) is 7.92. The van der Waals surface area contributed by atoms with Gasteiger partial charge in [-0.2, -0.15) is 5.10 Å². The van der Waals surface area contributed by atoms with Gasteiger partial charge in [0.25, 0.3) is 0 Å². The number of nitrogens with zero attached hydrogens (tertiary/aromatic N) is 3. The van der Waals surface area contributed by atoms with Crippen LogP contribution in [0.3, 0.4) is 0 Å². The van der Waals surface area contributed by atoms with Crippen molar-refractivity contribution < 1.29 is 4.79 Å². The summed E-state index contributed by atoms with van der Waals surface area (Å²) >= 11 is 0. The van der Waals surface area contributed by atoms with E-state index in [-0.39, 0.29) is 6.03 Å². The number of amides is 2. The molecule has 2 N–H and O–H groups in total. The van der Waals surface area contributed by atoms with Crippen molar-refractivity contribution in [2.75, 3.05) is 6.54 Å². The molecule has 6 nitrogen and oxygen atoms in total. The fourth-order valence-corrected chi connectivity index (χ4v) is 2.27. The van der Waals surface area contributed by atoms with Crippen LogP contribution >= 0.6 is 0 Å². The van der Waals surface area contributed by atoms with Gasteiger partial charge >= 0.3 is 6.03 Å². The molecular formula is C18H19N5O. The van der Waals surface area contributed by atoms with E-state index in [0.717, 1.165) is 17.8 Å². The number of carbonyl (C=O) groups excluding carboxylic acids is 1. The van der Waals surface area contributed by atoms with Gasteiger partial charge in [0.1, 0.15) is 0 Å². The summed E-state index contributed by atoms with van der Waals surface area (Å²) in [4.78, 5) is 16.1. The summed E-state index contributed by atoms with van der Waals surface area (Å²) < 4.78 is 1.69. The van der Waals surface area contributed by atoms with Gasteiger partial charge in [0.15, 0.2) is 5.82 Å². The molecule has 6 heteroatoms. The highest BCUT2D eigenvalue weighted by molar-refractivity contribution is 5.73. The lowest BCUT2D eigenvalue weighted by molar-refractivity contribution is 0.240. The smallest absolute Gasteiger partial charge is 0.315 e. The molecule has 1 aromatic carbocycles. The lowest BCUT2D eigenvalue weighted by Gasteiger charge is -2.08. The van der Waals surface area contributed by atoms with Crippen LogP contribution in [0.5, 0.6) is 0 Å². The Morgan fingerprint density at radius 1 is 1.00 bits per heavy atom. The number of hydrogen-bond acceptors (Lipinski definition) is 3. The molecule has 0 aliphatic rings. The number of aromatic nitrogens is 3. The zero-order chi connectivity index (χ0) is 16.6. The Morgan fingerprint density at radius 2 is 1.88 bits per heavy atom. The molecule has 2 aromatic heterocycles.